The van der Waals surface area contributed by atoms with Crippen molar-refractivity contribution in [1.29, 1.82) is 0 Å². The fourth-order valence-electron chi connectivity index (χ4n) is 3.94. The molecule has 0 aromatic rings. The monoisotopic (exact) mass is 381 g/mol. The molecule has 0 aromatic heterocycles. The normalized spacial score (nSPS) is 22.1. The lowest BCUT2D eigenvalue weighted by Crippen LogP contribution is -2.37. The predicted octanol–water partition coefficient (Wildman–Crippen LogP) is 7.55. The van der Waals surface area contributed by atoms with Gasteiger partial charge < -0.3 is 9.84 Å². The summed E-state index contributed by atoms with van der Waals surface area (Å²) >= 11 is 0. The van der Waals surface area contributed by atoms with Gasteiger partial charge in [-0.05, 0) is 13.3 Å². The van der Waals surface area contributed by atoms with E-state index in [0.29, 0.717) is 6.42 Å². The highest BCUT2D eigenvalue weighted by Gasteiger charge is 2.40. The van der Waals surface area contributed by atoms with Crippen LogP contribution < -0.4 is 0 Å². The van der Waals surface area contributed by atoms with E-state index in [0.717, 1.165) is 18.7 Å². The van der Waals surface area contributed by atoms with Gasteiger partial charge in [0.1, 0.15) is 6.04 Å². The Morgan fingerprint density at radius 3 is 1.52 bits per heavy atom. The van der Waals surface area contributed by atoms with Gasteiger partial charge in [0.15, 0.2) is 5.90 Å². The number of hydrogen-bond acceptors (Lipinski definition) is 3. The van der Waals surface area contributed by atoms with Gasteiger partial charge in [0, 0.05) is 12.8 Å². The second-order valence-electron chi connectivity index (χ2n) is 8.55. The van der Waals surface area contributed by atoms with Crippen molar-refractivity contribution >= 4 is 5.90 Å². The lowest BCUT2D eigenvalue weighted by Gasteiger charge is -2.24. The topological polar surface area (TPSA) is 41.8 Å². The first kappa shape index (κ1) is 24.5. The Bertz CT molecular complexity index is 383. The predicted molar refractivity (Wildman–Crippen MR) is 117 cm³/mol. The zero-order valence-corrected chi connectivity index (χ0v) is 18.6. The Balaban J connectivity index is 1.79. The van der Waals surface area contributed by atoms with E-state index in [9.17, 15) is 5.11 Å². The van der Waals surface area contributed by atoms with E-state index < -0.39 is 5.79 Å². The number of aliphatic hydroxyl groups is 1. The largest absolute Gasteiger partial charge is 0.447 e. The Labute approximate surface area is 169 Å². The molecule has 160 valence electrons. The summed E-state index contributed by atoms with van der Waals surface area (Å²) < 4.78 is 5.64. The summed E-state index contributed by atoms with van der Waals surface area (Å²) in [5, 5.41) is 10.2. The molecule has 1 aliphatic heterocycles. The smallest absolute Gasteiger partial charge is 0.231 e. The molecule has 0 radical (unpaired) electrons. The minimum atomic E-state index is -1.05. The Morgan fingerprint density at radius 2 is 1.15 bits per heavy atom. The molecule has 1 heterocycles. The molecule has 3 nitrogen and oxygen atoms in total. The number of unbranched alkanes of at least 4 members (excludes halogenated alkanes) is 15. The summed E-state index contributed by atoms with van der Waals surface area (Å²) in [6.45, 7) is 6.17. The number of aliphatic imine (C=N–C) groups is 1. The third-order valence-corrected chi connectivity index (χ3v) is 6.04. The van der Waals surface area contributed by atoms with Gasteiger partial charge in [-0.25, -0.2) is 4.99 Å². The van der Waals surface area contributed by atoms with Crippen molar-refractivity contribution in [3.05, 3.63) is 0 Å². The van der Waals surface area contributed by atoms with Gasteiger partial charge >= 0.3 is 0 Å². The van der Waals surface area contributed by atoms with E-state index in [1.165, 1.54) is 96.3 Å². The average molecular weight is 382 g/mol. The number of ether oxygens (including phenoxy) is 1. The molecule has 27 heavy (non-hydrogen) atoms. The minimum Gasteiger partial charge on any atom is -0.447 e. The summed E-state index contributed by atoms with van der Waals surface area (Å²) in [5.74, 6) is -0.290. The SMILES string of the molecule is CCCCCCCCCCCCCCCCCCC1=NC(C)C(O)(CC)O1. The summed E-state index contributed by atoms with van der Waals surface area (Å²) in [7, 11) is 0. The Kier molecular flexibility index (Phi) is 13.9. The van der Waals surface area contributed by atoms with Crippen molar-refractivity contribution in [2.75, 3.05) is 0 Å². The van der Waals surface area contributed by atoms with E-state index in [1.807, 2.05) is 13.8 Å². The highest BCUT2D eigenvalue weighted by molar-refractivity contribution is 5.78. The van der Waals surface area contributed by atoms with Crippen LogP contribution >= 0.6 is 0 Å². The maximum Gasteiger partial charge on any atom is 0.231 e. The molecule has 0 spiro atoms. The van der Waals surface area contributed by atoms with Gasteiger partial charge in [-0.2, -0.15) is 0 Å². The Morgan fingerprint density at radius 1 is 0.741 bits per heavy atom. The van der Waals surface area contributed by atoms with Crippen molar-refractivity contribution in [2.45, 2.75) is 148 Å². The van der Waals surface area contributed by atoms with Gasteiger partial charge in [0.05, 0.1) is 0 Å². The molecule has 0 saturated heterocycles. The van der Waals surface area contributed by atoms with Crippen molar-refractivity contribution in [3.63, 3.8) is 0 Å². The van der Waals surface area contributed by atoms with Crippen LogP contribution in [0.1, 0.15) is 136 Å². The number of hydrogen-bond donors (Lipinski definition) is 1. The van der Waals surface area contributed by atoms with Crippen LogP contribution in [0.15, 0.2) is 4.99 Å². The maximum absolute atomic E-state index is 10.2. The molecule has 3 heteroatoms. The van der Waals surface area contributed by atoms with Gasteiger partial charge in [-0.1, -0.05) is 110 Å². The zero-order chi connectivity index (χ0) is 19.8. The molecule has 0 fully saturated rings. The first-order valence-electron chi connectivity index (χ1n) is 12.1. The fourth-order valence-corrected chi connectivity index (χ4v) is 3.94. The molecule has 0 bridgehead atoms. The zero-order valence-electron chi connectivity index (χ0n) is 18.6. The summed E-state index contributed by atoms with van der Waals surface area (Å²) in [5.41, 5.74) is 0. The molecular formula is C24H47NO2. The molecule has 2 atom stereocenters. The van der Waals surface area contributed by atoms with Crippen LogP contribution in [0.3, 0.4) is 0 Å². The van der Waals surface area contributed by atoms with Gasteiger partial charge in [0.25, 0.3) is 0 Å². The number of rotatable bonds is 18. The Hall–Kier alpha value is -0.570. The molecule has 2 unspecified atom stereocenters. The summed E-state index contributed by atoms with van der Waals surface area (Å²) in [4.78, 5) is 4.46. The number of nitrogens with zero attached hydrogens (tertiary/aromatic N) is 1. The van der Waals surface area contributed by atoms with Crippen molar-refractivity contribution in [2.24, 2.45) is 4.99 Å². The van der Waals surface area contributed by atoms with E-state index in [4.69, 9.17) is 4.74 Å². The molecular weight excluding hydrogens is 334 g/mol. The highest BCUT2D eigenvalue weighted by atomic mass is 16.6. The van der Waals surface area contributed by atoms with E-state index in [1.54, 1.807) is 0 Å². The summed E-state index contributed by atoms with van der Waals surface area (Å²) in [6, 6.07) is -0.126. The highest BCUT2D eigenvalue weighted by Crippen LogP contribution is 2.28. The molecule has 1 N–H and O–H groups in total. The first-order valence-corrected chi connectivity index (χ1v) is 12.1. The second-order valence-corrected chi connectivity index (χ2v) is 8.55. The quantitative estimate of drug-likeness (QED) is 0.249. The molecule has 1 rings (SSSR count). The lowest BCUT2D eigenvalue weighted by molar-refractivity contribution is -0.147. The molecule has 0 saturated carbocycles. The second kappa shape index (κ2) is 15.4. The standard InChI is InChI=1S/C24H47NO2/c1-4-6-7-8-9-10-11-12-13-14-15-16-17-18-19-20-21-23-25-22(3)24(26,5-2)27-23/h22,26H,4-21H2,1-3H3. The van der Waals surface area contributed by atoms with Gasteiger partial charge in [-0.15, -0.1) is 0 Å². The van der Waals surface area contributed by atoms with Crippen LogP contribution in [0.5, 0.6) is 0 Å². The fraction of sp³-hybridized carbons (Fsp3) is 0.958. The summed E-state index contributed by atoms with van der Waals surface area (Å²) in [6.07, 6.45) is 23.7. The van der Waals surface area contributed by atoms with Gasteiger partial charge in [0.2, 0.25) is 5.79 Å². The average Bonchev–Trinajstić information content (AvgIpc) is 2.96. The molecule has 0 aliphatic carbocycles. The van der Waals surface area contributed by atoms with Crippen LogP contribution in [-0.4, -0.2) is 22.8 Å². The van der Waals surface area contributed by atoms with Crippen LogP contribution in [0.25, 0.3) is 0 Å². The van der Waals surface area contributed by atoms with Crippen LogP contribution in [0, 0.1) is 0 Å². The minimum absolute atomic E-state index is 0.126. The van der Waals surface area contributed by atoms with Crippen molar-refractivity contribution in [1.82, 2.24) is 0 Å². The maximum atomic E-state index is 10.2. The third kappa shape index (κ3) is 11.1. The van der Waals surface area contributed by atoms with E-state index in [-0.39, 0.29) is 6.04 Å². The lowest BCUT2D eigenvalue weighted by atomic mass is 10.0. The van der Waals surface area contributed by atoms with E-state index in [2.05, 4.69) is 11.9 Å². The van der Waals surface area contributed by atoms with Crippen LogP contribution in [0.4, 0.5) is 0 Å². The molecule has 0 amide bonds. The van der Waals surface area contributed by atoms with Crippen LogP contribution in [-0.2, 0) is 4.74 Å². The van der Waals surface area contributed by atoms with E-state index >= 15 is 0 Å². The third-order valence-electron chi connectivity index (χ3n) is 6.04. The first-order chi connectivity index (χ1) is 13.1. The molecule has 1 aliphatic rings. The van der Waals surface area contributed by atoms with Crippen LogP contribution in [0.2, 0.25) is 0 Å². The van der Waals surface area contributed by atoms with Crippen molar-refractivity contribution in [3.8, 4) is 0 Å². The van der Waals surface area contributed by atoms with Crippen molar-refractivity contribution < 1.29 is 9.84 Å². The van der Waals surface area contributed by atoms with Gasteiger partial charge in [-0.3, -0.25) is 0 Å². The molecule has 0 aromatic carbocycles.